The highest BCUT2D eigenvalue weighted by Gasteiger charge is 2.10. The fourth-order valence-corrected chi connectivity index (χ4v) is 3.27. The standard InChI is InChI=1S/C10H8ClN3S2/c1-2-9-13-14-5-6(12-10(14)16-9)7-3-4-8(11)15-7/h3-5H,2H2,1H3. The van der Waals surface area contributed by atoms with Crippen molar-refractivity contribution in [2.75, 3.05) is 0 Å². The molecular weight excluding hydrogens is 262 g/mol. The number of halogens is 1. The summed E-state index contributed by atoms with van der Waals surface area (Å²) in [6.07, 6.45) is 2.90. The molecule has 3 aromatic heterocycles. The van der Waals surface area contributed by atoms with Gasteiger partial charge in [0.1, 0.15) is 10.7 Å². The Labute approximate surface area is 105 Å². The Morgan fingerprint density at radius 3 is 2.88 bits per heavy atom. The molecule has 0 fully saturated rings. The lowest BCUT2D eigenvalue weighted by Crippen LogP contribution is -1.82. The van der Waals surface area contributed by atoms with Gasteiger partial charge in [0.15, 0.2) is 0 Å². The van der Waals surface area contributed by atoms with E-state index in [2.05, 4.69) is 17.0 Å². The highest BCUT2D eigenvalue weighted by molar-refractivity contribution is 7.19. The normalized spacial score (nSPS) is 11.4. The maximum absolute atomic E-state index is 5.90. The van der Waals surface area contributed by atoms with Gasteiger partial charge in [-0.15, -0.1) is 11.3 Å². The molecule has 3 nitrogen and oxygen atoms in total. The number of rotatable bonds is 2. The maximum atomic E-state index is 5.90. The summed E-state index contributed by atoms with van der Waals surface area (Å²) in [5.41, 5.74) is 0.943. The lowest BCUT2D eigenvalue weighted by atomic mass is 10.4. The molecule has 0 amide bonds. The van der Waals surface area contributed by atoms with Crippen LogP contribution in [0.5, 0.6) is 0 Å². The van der Waals surface area contributed by atoms with E-state index < -0.39 is 0 Å². The van der Waals surface area contributed by atoms with Crippen molar-refractivity contribution in [3.8, 4) is 10.6 Å². The fraction of sp³-hybridized carbons (Fsp3) is 0.200. The largest absolute Gasteiger partial charge is 0.217 e. The second-order valence-electron chi connectivity index (χ2n) is 3.31. The Bertz CT molecular complexity index is 606. The highest BCUT2D eigenvalue weighted by atomic mass is 35.5. The first-order valence-corrected chi connectivity index (χ1v) is 6.88. The zero-order valence-corrected chi connectivity index (χ0v) is 10.9. The van der Waals surface area contributed by atoms with Crippen molar-refractivity contribution >= 4 is 39.2 Å². The molecule has 0 aliphatic heterocycles. The lowest BCUT2D eigenvalue weighted by Gasteiger charge is -1.86. The third-order valence-electron chi connectivity index (χ3n) is 2.21. The Morgan fingerprint density at radius 2 is 2.25 bits per heavy atom. The van der Waals surface area contributed by atoms with Gasteiger partial charge in [0.2, 0.25) is 4.96 Å². The minimum Gasteiger partial charge on any atom is -0.217 e. The number of nitrogens with zero attached hydrogens (tertiary/aromatic N) is 3. The molecule has 0 aliphatic carbocycles. The molecule has 0 atom stereocenters. The van der Waals surface area contributed by atoms with Crippen LogP contribution in [-0.2, 0) is 6.42 Å². The molecule has 0 bridgehead atoms. The molecule has 0 aliphatic rings. The minimum absolute atomic E-state index is 0.786. The van der Waals surface area contributed by atoms with Crippen LogP contribution in [0.4, 0.5) is 0 Å². The van der Waals surface area contributed by atoms with E-state index in [0.717, 1.165) is 31.3 Å². The van der Waals surface area contributed by atoms with Crippen molar-refractivity contribution in [2.24, 2.45) is 0 Å². The first-order chi connectivity index (χ1) is 7.76. The van der Waals surface area contributed by atoms with Crippen molar-refractivity contribution in [3.63, 3.8) is 0 Å². The van der Waals surface area contributed by atoms with E-state index in [4.69, 9.17) is 11.6 Å². The molecule has 3 heterocycles. The number of hydrogen-bond donors (Lipinski definition) is 0. The molecule has 0 saturated carbocycles. The number of imidazole rings is 1. The second kappa shape index (κ2) is 3.84. The van der Waals surface area contributed by atoms with Crippen LogP contribution in [0.25, 0.3) is 15.5 Å². The topological polar surface area (TPSA) is 30.2 Å². The van der Waals surface area contributed by atoms with Crippen molar-refractivity contribution < 1.29 is 0 Å². The smallest absolute Gasteiger partial charge is 0.212 e. The lowest BCUT2D eigenvalue weighted by molar-refractivity contribution is 0.911. The summed E-state index contributed by atoms with van der Waals surface area (Å²) < 4.78 is 2.63. The number of hydrogen-bond acceptors (Lipinski definition) is 4. The third-order valence-corrected chi connectivity index (χ3v) is 4.53. The Kier molecular flexibility index (Phi) is 2.46. The van der Waals surface area contributed by atoms with Crippen LogP contribution in [-0.4, -0.2) is 14.6 Å². The molecule has 0 spiro atoms. The van der Waals surface area contributed by atoms with Crippen LogP contribution < -0.4 is 0 Å². The van der Waals surface area contributed by atoms with Gasteiger partial charge in [0.25, 0.3) is 0 Å². The molecule has 3 rings (SSSR count). The number of fused-ring (bicyclic) bond motifs is 1. The van der Waals surface area contributed by atoms with Crippen LogP contribution in [0.1, 0.15) is 11.9 Å². The number of thiophene rings is 1. The van der Waals surface area contributed by atoms with Gasteiger partial charge in [-0.3, -0.25) is 0 Å². The predicted octanol–water partition coefficient (Wildman–Crippen LogP) is 3.74. The first kappa shape index (κ1) is 10.3. The van der Waals surface area contributed by atoms with Crippen molar-refractivity contribution in [3.05, 3.63) is 27.7 Å². The van der Waals surface area contributed by atoms with Gasteiger partial charge in [-0.05, 0) is 18.6 Å². The summed E-state index contributed by atoms with van der Waals surface area (Å²) in [5, 5.41) is 5.54. The summed E-state index contributed by atoms with van der Waals surface area (Å²) in [6.45, 7) is 2.10. The van der Waals surface area contributed by atoms with Crippen molar-refractivity contribution in [1.82, 2.24) is 14.6 Å². The van der Waals surface area contributed by atoms with Gasteiger partial charge >= 0.3 is 0 Å². The predicted molar refractivity (Wildman–Crippen MR) is 68.6 cm³/mol. The van der Waals surface area contributed by atoms with Crippen LogP contribution in [0.3, 0.4) is 0 Å². The quantitative estimate of drug-likeness (QED) is 0.709. The fourth-order valence-electron chi connectivity index (χ4n) is 1.45. The molecule has 0 saturated heterocycles. The second-order valence-corrected chi connectivity index (χ2v) is 6.06. The molecule has 0 aromatic carbocycles. The summed E-state index contributed by atoms with van der Waals surface area (Å²) in [6, 6.07) is 3.88. The zero-order chi connectivity index (χ0) is 11.1. The monoisotopic (exact) mass is 269 g/mol. The van der Waals surface area contributed by atoms with Gasteiger partial charge in [-0.2, -0.15) is 5.10 Å². The Morgan fingerprint density at radius 1 is 1.38 bits per heavy atom. The summed E-state index contributed by atoms with van der Waals surface area (Å²) in [4.78, 5) is 6.56. The van der Waals surface area contributed by atoms with Crippen LogP contribution in [0.15, 0.2) is 18.3 Å². The van der Waals surface area contributed by atoms with E-state index in [1.54, 1.807) is 11.3 Å². The van der Waals surface area contributed by atoms with E-state index in [9.17, 15) is 0 Å². The minimum atomic E-state index is 0.786. The number of aromatic nitrogens is 3. The molecule has 3 aromatic rings. The first-order valence-electron chi connectivity index (χ1n) is 4.87. The zero-order valence-electron chi connectivity index (χ0n) is 8.48. The van der Waals surface area contributed by atoms with E-state index in [-0.39, 0.29) is 0 Å². The summed E-state index contributed by atoms with van der Waals surface area (Å²) in [5.74, 6) is 0. The summed E-state index contributed by atoms with van der Waals surface area (Å²) in [7, 11) is 0. The molecule has 0 N–H and O–H groups in total. The van der Waals surface area contributed by atoms with Gasteiger partial charge in [-0.25, -0.2) is 9.50 Å². The van der Waals surface area contributed by atoms with Crippen LogP contribution in [0, 0.1) is 0 Å². The van der Waals surface area contributed by atoms with Gasteiger partial charge in [0, 0.05) is 0 Å². The van der Waals surface area contributed by atoms with Crippen LogP contribution in [0.2, 0.25) is 4.34 Å². The highest BCUT2D eigenvalue weighted by Crippen LogP contribution is 2.31. The van der Waals surface area contributed by atoms with Crippen molar-refractivity contribution in [1.29, 1.82) is 0 Å². The van der Waals surface area contributed by atoms with E-state index in [1.165, 1.54) is 11.3 Å². The Hall–Kier alpha value is -0.910. The van der Waals surface area contributed by atoms with Gasteiger partial charge < -0.3 is 0 Å². The van der Waals surface area contributed by atoms with E-state index in [1.807, 2.05) is 22.8 Å². The molecule has 0 radical (unpaired) electrons. The van der Waals surface area contributed by atoms with E-state index in [0.29, 0.717) is 0 Å². The average molecular weight is 270 g/mol. The molecule has 0 unspecified atom stereocenters. The average Bonchev–Trinajstić information content (AvgIpc) is 2.89. The van der Waals surface area contributed by atoms with Crippen LogP contribution >= 0.6 is 34.3 Å². The molecular formula is C10H8ClN3S2. The molecule has 16 heavy (non-hydrogen) atoms. The maximum Gasteiger partial charge on any atom is 0.212 e. The Balaban J connectivity index is 2.09. The SMILES string of the molecule is CCc1nn2cc(-c3ccc(Cl)s3)nc2s1. The number of aryl methyl sites for hydroxylation is 1. The molecule has 82 valence electrons. The van der Waals surface area contributed by atoms with E-state index >= 15 is 0 Å². The van der Waals surface area contributed by atoms with Gasteiger partial charge in [-0.1, -0.05) is 29.9 Å². The van der Waals surface area contributed by atoms with Gasteiger partial charge in [0.05, 0.1) is 15.4 Å². The van der Waals surface area contributed by atoms with Crippen molar-refractivity contribution in [2.45, 2.75) is 13.3 Å². The molecule has 6 heteroatoms. The third kappa shape index (κ3) is 1.65. The summed E-state index contributed by atoms with van der Waals surface area (Å²) >= 11 is 9.07.